The summed E-state index contributed by atoms with van der Waals surface area (Å²) in [5, 5.41) is 1.20. The van der Waals surface area contributed by atoms with Gasteiger partial charge in [0.2, 0.25) is 0 Å². The minimum absolute atomic E-state index is 0.0948. The molecule has 4 aromatic rings. The Labute approximate surface area is 189 Å². The molecular formula is C21H15ClN2O5S2. The highest BCUT2D eigenvalue weighted by Crippen LogP contribution is 2.37. The number of carbonyl (C=O) groups is 2. The Hall–Kier alpha value is -2.88. The molecule has 0 N–H and O–H groups in total. The Morgan fingerprint density at radius 3 is 2.61 bits per heavy atom. The van der Waals surface area contributed by atoms with Gasteiger partial charge in [-0.1, -0.05) is 41.1 Å². The van der Waals surface area contributed by atoms with Crippen LogP contribution in [-0.4, -0.2) is 36.8 Å². The third-order valence-electron chi connectivity index (χ3n) is 4.79. The molecule has 2 aromatic carbocycles. The van der Waals surface area contributed by atoms with Crippen LogP contribution in [0.25, 0.3) is 20.3 Å². The molecule has 3 heterocycles. The molecule has 0 unspecified atom stereocenters. The van der Waals surface area contributed by atoms with E-state index in [0.717, 1.165) is 14.8 Å². The number of thiophene rings is 1. The molecule has 158 valence electrons. The lowest BCUT2D eigenvalue weighted by molar-refractivity contribution is -0.141. The first-order chi connectivity index (χ1) is 15.0. The Bertz CT molecular complexity index is 1420. The smallest absolute Gasteiger partial charge is 0.325 e. The van der Waals surface area contributed by atoms with E-state index in [2.05, 4.69) is 4.99 Å². The van der Waals surface area contributed by atoms with Gasteiger partial charge in [-0.3, -0.25) is 9.59 Å². The fourth-order valence-corrected chi connectivity index (χ4v) is 5.76. The summed E-state index contributed by atoms with van der Waals surface area (Å²) in [6.45, 7) is 0.814. The monoisotopic (exact) mass is 474 g/mol. The van der Waals surface area contributed by atoms with Crippen LogP contribution in [0.3, 0.4) is 0 Å². The number of rotatable bonds is 3. The van der Waals surface area contributed by atoms with Gasteiger partial charge in [0, 0.05) is 22.2 Å². The van der Waals surface area contributed by atoms with E-state index < -0.39 is 11.9 Å². The predicted octanol–water partition coefficient (Wildman–Crippen LogP) is 4.26. The van der Waals surface area contributed by atoms with E-state index in [-0.39, 0.29) is 6.54 Å². The number of halogens is 1. The number of nitrogens with zero attached hydrogens (tertiary/aromatic N) is 2. The van der Waals surface area contributed by atoms with Gasteiger partial charge >= 0.3 is 5.97 Å². The topological polar surface area (TPSA) is 79.1 Å². The van der Waals surface area contributed by atoms with Crippen LogP contribution in [0, 0.1) is 0 Å². The number of aromatic nitrogens is 1. The summed E-state index contributed by atoms with van der Waals surface area (Å²) in [6, 6.07) is 11.2. The van der Waals surface area contributed by atoms with Crippen LogP contribution >= 0.6 is 34.3 Å². The maximum Gasteiger partial charge on any atom is 0.325 e. The van der Waals surface area contributed by atoms with E-state index >= 15 is 0 Å². The summed E-state index contributed by atoms with van der Waals surface area (Å²) < 4.78 is 19.5. The van der Waals surface area contributed by atoms with Crippen LogP contribution in [0.5, 0.6) is 11.5 Å². The van der Waals surface area contributed by atoms with Gasteiger partial charge in [0.1, 0.15) is 24.6 Å². The fraction of sp³-hybridized carbons (Fsp3) is 0.190. The molecule has 1 amide bonds. The molecule has 0 saturated carbocycles. The molecule has 0 aliphatic carbocycles. The molecule has 5 rings (SSSR count). The molecule has 1 aliphatic rings. The Morgan fingerprint density at radius 2 is 1.87 bits per heavy atom. The summed E-state index contributed by atoms with van der Waals surface area (Å²) in [5.74, 6) is 0.285. The lowest BCUT2D eigenvalue weighted by Crippen LogP contribution is -2.22. The first-order valence-electron chi connectivity index (χ1n) is 9.31. The second-order valence-corrected chi connectivity index (χ2v) is 9.11. The third kappa shape index (κ3) is 3.58. The van der Waals surface area contributed by atoms with E-state index in [0.29, 0.717) is 44.9 Å². The molecule has 31 heavy (non-hydrogen) atoms. The Kier molecular flexibility index (Phi) is 5.17. The van der Waals surface area contributed by atoms with Gasteiger partial charge in [-0.25, -0.2) is 0 Å². The number of hydrogen-bond donors (Lipinski definition) is 0. The normalized spacial score (nSPS) is 13.7. The van der Waals surface area contributed by atoms with Crippen molar-refractivity contribution in [3.05, 3.63) is 51.1 Å². The summed E-state index contributed by atoms with van der Waals surface area (Å²) in [7, 11) is 1.31. The lowest BCUT2D eigenvalue weighted by Gasteiger charge is -2.18. The molecule has 1 aliphatic heterocycles. The number of esters is 1. The number of amides is 1. The van der Waals surface area contributed by atoms with Crippen molar-refractivity contribution in [2.75, 3.05) is 20.3 Å². The van der Waals surface area contributed by atoms with Crippen molar-refractivity contribution in [1.29, 1.82) is 0 Å². The number of methoxy groups -OCH3 is 1. The van der Waals surface area contributed by atoms with Gasteiger partial charge in [0.05, 0.1) is 22.3 Å². The average Bonchev–Trinajstić information content (AvgIpc) is 3.29. The maximum atomic E-state index is 13.0. The lowest BCUT2D eigenvalue weighted by atomic mass is 10.2. The van der Waals surface area contributed by atoms with E-state index in [1.54, 1.807) is 10.6 Å². The Balaban J connectivity index is 1.67. The van der Waals surface area contributed by atoms with E-state index in [4.69, 9.17) is 25.8 Å². The molecule has 2 aromatic heterocycles. The van der Waals surface area contributed by atoms with Crippen LogP contribution in [0.2, 0.25) is 5.02 Å². The zero-order valence-corrected chi connectivity index (χ0v) is 18.6. The molecule has 0 spiro atoms. The summed E-state index contributed by atoms with van der Waals surface area (Å²) in [4.78, 5) is 30.1. The number of benzene rings is 2. The first-order valence-corrected chi connectivity index (χ1v) is 11.3. The van der Waals surface area contributed by atoms with Crippen molar-refractivity contribution in [2.24, 2.45) is 4.99 Å². The van der Waals surface area contributed by atoms with Gasteiger partial charge in [-0.15, -0.1) is 11.3 Å². The standard InChI is InChI=1S/C21H15ClN2O5S2/c1-27-17(25)10-24-12-8-13-14(29-7-6-28-13)9-16(12)31-21(24)23-20(26)19-18(22)11-4-2-3-5-15(11)30-19/h2-5,8-9H,6-7,10H2,1H3. The highest BCUT2D eigenvalue weighted by Gasteiger charge is 2.20. The van der Waals surface area contributed by atoms with Crippen molar-refractivity contribution in [2.45, 2.75) is 6.54 Å². The van der Waals surface area contributed by atoms with Gasteiger partial charge in [0.25, 0.3) is 5.91 Å². The zero-order chi connectivity index (χ0) is 21.5. The molecule has 0 radical (unpaired) electrons. The van der Waals surface area contributed by atoms with E-state index in [1.807, 2.05) is 30.3 Å². The molecule has 0 saturated heterocycles. The SMILES string of the molecule is COC(=O)Cn1c(=NC(=O)c2sc3ccccc3c2Cl)sc2cc3c(cc21)OCCO3. The van der Waals surface area contributed by atoms with E-state index in [1.165, 1.54) is 29.8 Å². The minimum atomic E-state index is -0.464. The van der Waals surface area contributed by atoms with Crippen LogP contribution in [0.4, 0.5) is 0 Å². The van der Waals surface area contributed by atoms with Crippen molar-refractivity contribution in [1.82, 2.24) is 4.57 Å². The molecule has 7 nitrogen and oxygen atoms in total. The number of carbonyl (C=O) groups excluding carboxylic acids is 2. The largest absolute Gasteiger partial charge is 0.486 e. The zero-order valence-electron chi connectivity index (χ0n) is 16.2. The summed E-state index contributed by atoms with van der Waals surface area (Å²) in [6.07, 6.45) is 0. The van der Waals surface area contributed by atoms with Gasteiger partial charge in [0.15, 0.2) is 16.3 Å². The Morgan fingerprint density at radius 1 is 1.13 bits per heavy atom. The van der Waals surface area contributed by atoms with Crippen LogP contribution in [0.15, 0.2) is 41.4 Å². The molecule has 0 bridgehead atoms. The van der Waals surface area contributed by atoms with Crippen LogP contribution in [-0.2, 0) is 16.1 Å². The molecule has 0 fully saturated rings. The number of thiazole rings is 1. The summed E-state index contributed by atoms with van der Waals surface area (Å²) >= 11 is 9.02. The van der Waals surface area contributed by atoms with Gasteiger partial charge in [-0.2, -0.15) is 4.99 Å². The van der Waals surface area contributed by atoms with Crippen LogP contribution in [0.1, 0.15) is 9.67 Å². The first kappa shape index (κ1) is 20.0. The fourth-order valence-electron chi connectivity index (χ4n) is 3.33. The maximum absolute atomic E-state index is 13.0. The number of ether oxygens (including phenoxy) is 3. The van der Waals surface area contributed by atoms with Gasteiger partial charge < -0.3 is 18.8 Å². The highest BCUT2D eigenvalue weighted by atomic mass is 35.5. The van der Waals surface area contributed by atoms with Crippen molar-refractivity contribution < 1.29 is 23.8 Å². The molecular weight excluding hydrogens is 460 g/mol. The van der Waals surface area contributed by atoms with Crippen molar-refractivity contribution in [3.8, 4) is 11.5 Å². The molecule has 10 heteroatoms. The third-order valence-corrected chi connectivity index (χ3v) is 7.49. The quantitative estimate of drug-likeness (QED) is 0.414. The number of fused-ring (bicyclic) bond motifs is 3. The average molecular weight is 475 g/mol. The van der Waals surface area contributed by atoms with Crippen molar-refractivity contribution >= 4 is 66.5 Å². The minimum Gasteiger partial charge on any atom is -0.486 e. The second kappa shape index (κ2) is 7.99. The van der Waals surface area contributed by atoms with E-state index in [9.17, 15) is 9.59 Å². The predicted molar refractivity (Wildman–Crippen MR) is 120 cm³/mol. The van der Waals surface area contributed by atoms with Crippen molar-refractivity contribution in [3.63, 3.8) is 0 Å². The summed E-state index contributed by atoms with van der Waals surface area (Å²) in [5.41, 5.74) is 0.702. The number of hydrogen-bond acceptors (Lipinski definition) is 7. The second-order valence-electron chi connectivity index (χ2n) is 6.67. The highest BCUT2D eigenvalue weighted by molar-refractivity contribution is 7.21. The van der Waals surface area contributed by atoms with Gasteiger partial charge in [-0.05, 0) is 6.07 Å². The van der Waals surface area contributed by atoms with Crippen LogP contribution < -0.4 is 14.3 Å². The molecule has 0 atom stereocenters.